The summed E-state index contributed by atoms with van der Waals surface area (Å²) in [5, 5.41) is 15.4. The molecule has 3 aromatic carbocycles. The maximum absolute atomic E-state index is 13.0. The number of methoxy groups -OCH3 is 1. The summed E-state index contributed by atoms with van der Waals surface area (Å²) in [7, 11) is 1.57. The minimum atomic E-state index is -1.88. The normalized spacial score (nSPS) is 11.3. The van der Waals surface area contributed by atoms with E-state index in [2.05, 4.69) is 10.5 Å². The molecule has 0 atom stereocenters. The maximum Gasteiger partial charge on any atom is 0.281 e. The van der Waals surface area contributed by atoms with Gasteiger partial charge in [0.2, 0.25) is 0 Å². The van der Waals surface area contributed by atoms with Crippen LogP contribution in [0.5, 0.6) is 11.5 Å². The summed E-state index contributed by atoms with van der Waals surface area (Å²) < 4.78 is 11.0. The molecule has 0 saturated heterocycles. The summed E-state index contributed by atoms with van der Waals surface area (Å²) >= 11 is 0. The third kappa shape index (κ3) is 5.10. The molecule has 3 aromatic rings. The van der Waals surface area contributed by atoms with Gasteiger partial charge in [0.1, 0.15) is 0 Å². The standard InChI is InChI=1S/C25H26N2O4/c1-3-16-31-22-15-14-19(17-23(22)30-2)18-26-27-24(28)25(29,20-10-6-4-7-11-20)21-12-8-5-9-13-21/h4-15,17-18,29H,3,16H2,1-2H3,(H,27,28)/b26-18-. The number of carbonyl (C=O) groups excluding carboxylic acids is 1. The summed E-state index contributed by atoms with van der Waals surface area (Å²) in [6, 6.07) is 22.9. The fraction of sp³-hybridized carbons (Fsp3) is 0.200. The molecule has 0 aliphatic carbocycles. The highest BCUT2D eigenvalue weighted by atomic mass is 16.5. The van der Waals surface area contributed by atoms with E-state index in [4.69, 9.17) is 9.47 Å². The van der Waals surface area contributed by atoms with Crippen molar-refractivity contribution in [3.8, 4) is 11.5 Å². The molecule has 31 heavy (non-hydrogen) atoms. The van der Waals surface area contributed by atoms with Gasteiger partial charge >= 0.3 is 0 Å². The Morgan fingerprint density at radius 3 is 2.16 bits per heavy atom. The van der Waals surface area contributed by atoms with Gasteiger partial charge in [-0.2, -0.15) is 5.10 Å². The number of nitrogens with zero attached hydrogens (tertiary/aromatic N) is 1. The lowest BCUT2D eigenvalue weighted by atomic mass is 9.85. The lowest BCUT2D eigenvalue weighted by Crippen LogP contribution is -2.43. The van der Waals surface area contributed by atoms with Crippen molar-refractivity contribution in [3.63, 3.8) is 0 Å². The third-order valence-corrected chi connectivity index (χ3v) is 4.74. The maximum atomic E-state index is 13.0. The van der Waals surface area contributed by atoms with Crippen molar-refractivity contribution < 1.29 is 19.4 Å². The van der Waals surface area contributed by atoms with Crippen molar-refractivity contribution in [2.75, 3.05) is 13.7 Å². The van der Waals surface area contributed by atoms with E-state index in [1.165, 1.54) is 6.21 Å². The van der Waals surface area contributed by atoms with Crippen LogP contribution in [-0.2, 0) is 10.4 Å². The minimum absolute atomic E-state index is 0.452. The van der Waals surface area contributed by atoms with Gasteiger partial charge in [0.05, 0.1) is 19.9 Å². The minimum Gasteiger partial charge on any atom is -0.493 e. The number of nitrogens with one attached hydrogen (secondary N) is 1. The van der Waals surface area contributed by atoms with Gasteiger partial charge in [-0.3, -0.25) is 4.79 Å². The van der Waals surface area contributed by atoms with Crippen LogP contribution in [0.1, 0.15) is 30.0 Å². The highest BCUT2D eigenvalue weighted by molar-refractivity contribution is 5.91. The van der Waals surface area contributed by atoms with E-state index in [9.17, 15) is 9.90 Å². The van der Waals surface area contributed by atoms with Gasteiger partial charge in [-0.25, -0.2) is 5.43 Å². The predicted molar refractivity (Wildman–Crippen MR) is 120 cm³/mol. The monoisotopic (exact) mass is 418 g/mol. The molecule has 0 aromatic heterocycles. The first-order valence-electron chi connectivity index (χ1n) is 10.1. The molecule has 0 unspecified atom stereocenters. The van der Waals surface area contributed by atoms with E-state index in [1.54, 1.807) is 67.8 Å². The van der Waals surface area contributed by atoms with Crippen molar-refractivity contribution in [1.82, 2.24) is 5.43 Å². The third-order valence-electron chi connectivity index (χ3n) is 4.74. The topological polar surface area (TPSA) is 80.2 Å². The highest BCUT2D eigenvalue weighted by Crippen LogP contribution is 2.30. The smallest absolute Gasteiger partial charge is 0.281 e. The number of carbonyl (C=O) groups is 1. The lowest BCUT2D eigenvalue weighted by Gasteiger charge is -2.27. The van der Waals surface area contributed by atoms with Crippen LogP contribution >= 0.6 is 0 Å². The van der Waals surface area contributed by atoms with E-state index >= 15 is 0 Å². The van der Waals surface area contributed by atoms with E-state index in [1.807, 2.05) is 25.1 Å². The van der Waals surface area contributed by atoms with Crippen LogP contribution in [0.25, 0.3) is 0 Å². The molecule has 2 N–H and O–H groups in total. The molecule has 0 bridgehead atoms. The van der Waals surface area contributed by atoms with Gasteiger partial charge < -0.3 is 14.6 Å². The molecule has 0 heterocycles. The quantitative estimate of drug-likeness (QED) is 0.408. The van der Waals surface area contributed by atoms with Crippen molar-refractivity contribution >= 4 is 12.1 Å². The molecule has 6 nitrogen and oxygen atoms in total. The highest BCUT2D eigenvalue weighted by Gasteiger charge is 2.39. The van der Waals surface area contributed by atoms with Crippen molar-refractivity contribution in [3.05, 3.63) is 95.6 Å². The number of ether oxygens (including phenoxy) is 2. The molecule has 0 spiro atoms. The van der Waals surface area contributed by atoms with Crippen LogP contribution in [0, 0.1) is 0 Å². The number of hydrogen-bond acceptors (Lipinski definition) is 5. The second kappa shape index (κ2) is 10.4. The predicted octanol–water partition coefficient (Wildman–Crippen LogP) is 3.87. The number of rotatable bonds is 9. The zero-order chi connectivity index (χ0) is 22.1. The molecule has 0 saturated carbocycles. The lowest BCUT2D eigenvalue weighted by molar-refractivity contribution is -0.136. The first-order valence-corrected chi connectivity index (χ1v) is 10.1. The SMILES string of the molecule is CCCOc1ccc(/C=N\NC(=O)C(O)(c2ccccc2)c2ccccc2)cc1OC. The molecule has 6 heteroatoms. The van der Waals surface area contributed by atoms with Crippen molar-refractivity contribution in [2.45, 2.75) is 18.9 Å². The largest absolute Gasteiger partial charge is 0.493 e. The molecular weight excluding hydrogens is 392 g/mol. The molecule has 0 aliphatic heterocycles. The Hall–Kier alpha value is -3.64. The first kappa shape index (κ1) is 22.1. The van der Waals surface area contributed by atoms with E-state index < -0.39 is 11.5 Å². The number of aliphatic hydroxyl groups is 1. The zero-order valence-electron chi connectivity index (χ0n) is 17.6. The fourth-order valence-electron chi connectivity index (χ4n) is 3.13. The average molecular weight is 418 g/mol. The molecule has 0 aliphatic rings. The Bertz CT molecular complexity index is 981. The Morgan fingerprint density at radius 1 is 1.00 bits per heavy atom. The van der Waals surface area contributed by atoms with Gasteiger partial charge in [-0.15, -0.1) is 0 Å². The van der Waals surface area contributed by atoms with Crippen LogP contribution < -0.4 is 14.9 Å². The molecule has 160 valence electrons. The van der Waals surface area contributed by atoms with Gasteiger partial charge in [0.15, 0.2) is 17.1 Å². The zero-order valence-corrected chi connectivity index (χ0v) is 17.6. The van der Waals surface area contributed by atoms with Crippen LogP contribution in [0.4, 0.5) is 0 Å². The molecule has 0 fully saturated rings. The number of benzene rings is 3. The van der Waals surface area contributed by atoms with E-state index in [-0.39, 0.29) is 0 Å². The van der Waals surface area contributed by atoms with Crippen molar-refractivity contribution in [2.24, 2.45) is 5.10 Å². The van der Waals surface area contributed by atoms with Crippen LogP contribution in [0.2, 0.25) is 0 Å². The van der Waals surface area contributed by atoms with Crippen LogP contribution in [0.15, 0.2) is 84.0 Å². The van der Waals surface area contributed by atoms with Gasteiger partial charge in [0.25, 0.3) is 5.91 Å². The van der Waals surface area contributed by atoms with Crippen LogP contribution in [-0.4, -0.2) is 30.9 Å². The van der Waals surface area contributed by atoms with Gasteiger partial charge in [0, 0.05) is 0 Å². The summed E-state index contributed by atoms with van der Waals surface area (Å²) in [6.07, 6.45) is 2.38. The molecule has 3 rings (SSSR count). The molecular formula is C25H26N2O4. The van der Waals surface area contributed by atoms with E-state index in [0.717, 1.165) is 6.42 Å². The first-order chi connectivity index (χ1) is 15.1. The summed E-state index contributed by atoms with van der Waals surface area (Å²) in [5.74, 6) is 0.567. The Morgan fingerprint density at radius 2 is 1.61 bits per heavy atom. The van der Waals surface area contributed by atoms with Gasteiger partial charge in [-0.1, -0.05) is 67.6 Å². The number of hydrogen-bond donors (Lipinski definition) is 2. The average Bonchev–Trinajstić information content (AvgIpc) is 2.83. The Labute approximate surface area is 182 Å². The van der Waals surface area contributed by atoms with E-state index in [0.29, 0.717) is 34.8 Å². The molecule has 1 amide bonds. The van der Waals surface area contributed by atoms with Gasteiger partial charge in [-0.05, 0) is 41.3 Å². The number of hydrazone groups is 1. The summed E-state index contributed by atoms with van der Waals surface area (Å²) in [6.45, 7) is 2.62. The second-order valence-corrected chi connectivity index (χ2v) is 6.90. The summed E-state index contributed by atoms with van der Waals surface area (Å²) in [5.41, 5.74) is 2.20. The second-order valence-electron chi connectivity index (χ2n) is 6.90. The molecule has 0 radical (unpaired) electrons. The van der Waals surface area contributed by atoms with Crippen molar-refractivity contribution in [1.29, 1.82) is 0 Å². The number of amides is 1. The summed E-state index contributed by atoms with van der Waals surface area (Å²) in [4.78, 5) is 13.0. The van der Waals surface area contributed by atoms with Crippen LogP contribution in [0.3, 0.4) is 0 Å². The fourth-order valence-corrected chi connectivity index (χ4v) is 3.13. The Balaban J connectivity index is 1.81. The Kier molecular flexibility index (Phi) is 7.40.